The first-order valence-corrected chi connectivity index (χ1v) is 12.6. The van der Waals surface area contributed by atoms with Crippen molar-refractivity contribution in [2.45, 2.75) is 18.9 Å². The van der Waals surface area contributed by atoms with Crippen LogP contribution in [0.3, 0.4) is 0 Å². The smallest absolute Gasteiger partial charge is 0.248 e. The average Bonchev–Trinajstić information content (AvgIpc) is 3.34. The molecule has 38 heavy (non-hydrogen) atoms. The lowest BCUT2D eigenvalue weighted by molar-refractivity contribution is -0.111. The first-order chi connectivity index (χ1) is 18.4. The van der Waals surface area contributed by atoms with Gasteiger partial charge in [0.1, 0.15) is 17.9 Å². The number of nitrogens with zero attached hydrogens (tertiary/aromatic N) is 3. The van der Waals surface area contributed by atoms with Crippen molar-refractivity contribution in [2.75, 3.05) is 31.3 Å². The van der Waals surface area contributed by atoms with Crippen LogP contribution in [0, 0.1) is 5.82 Å². The lowest BCUT2D eigenvalue weighted by Crippen LogP contribution is -2.23. The Bertz CT molecular complexity index is 1530. The summed E-state index contributed by atoms with van der Waals surface area (Å²) in [7, 11) is 3.65. The molecule has 0 spiro atoms. The van der Waals surface area contributed by atoms with Gasteiger partial charge in [0.15, 0.2) is 5.82 Å². The third kappa shape index (κ3) is 5.32. The Morgan fingerprint density at radius 2 is 2.00 bits per heavy atom. The Kier molecular flexibility index (Phi) is 7.53. The standard InChI is InChI=1S/C29H27ClFN5O2/c1-36-15-5-7-19(36)11-14-25(37)34-23-13-12-22-27(26(23)18-6-3-8-20(16-18)38-2)29(33-17-32-22)35-24-10-4-9-21(30)28(24)31/h3-4,6,8-14,16-17,19H,5,7,15H2,1-2H3,(H,34,37)(H,32,33,35)/b14-11+/t19-/m1/s1. The zero-order valence-electron chi connectivity index (χ0n) is 21.0. The molecule has 1 aromatic heterocycles. The van der Waals surface area contributed by atoms with Crippen LogP contribution in [-0.2, 0) is 4.79 Å². The number of fused-ring (bicyclic) bond motifs is 1. The number of amides is 1. The van der Waals surface area contributed by atoms with E-state index >= 15 is 0 Å². The minimum Gasteiger partial charge on any atom is -0.497 e. The fourth-order valence-electron chi connectivity index (χ4n) is 4.71. The maximum Gasteiger partial charge on any atom is 0.248 e. The molecule has 4 aromatic rings. The van der Waals surface area contributed by atoms with Gasteiger partial charge in [-0.05, 0) is 68.4 Å². The number of ether oxygens (including phenoxy) is 1. The zero-order valence-corrected chi connectivity index (χ0v) is 21.8. The predicted octanol–water partition coefficient (Wildman–Crippen LogP) is 6.43. The van der Waals surface area contributed by atoms with Crippen LogP contribution in [0.1, 0.15) is 12.8 Å². The van der Waals surface area contributed by atoms with Crippen LogP contribution in [0.2, 0.25) is 5.02 Å². The van der Waals surface area contributed by atoms with Gasteiger partial charge in [-0.15, -0.1) is 0 Å². The van der Waals surface area contributed by atoms with E-state index in [0.717, 1.165) is 24.9 Å². The molecule has 1 fully saturated rings. The van der Waals surface area contributed by atoms with Crippen LogP contribution in [0.25, 0.3) is 22.0 Å². The van der Waals surface area contributed by atoms with Crippen molar-refractivity contribution in [2.24, 2.45) is 0 Å². The number of aromatic nitrogens is 2. The summed E-state index contributed by atoms with van der Waals surface area (Å²) >= 11 is 6.01. The molecular weight excluding hydrogens is 505 g/mol. The van der Waals surface area contributed by atoms with Crippen molar-refractivity contribution in [3.8, 4) is 16.9 Å². The number of likely N-dealkylation sites (N-methyl/N-ethyl adjacent to an activating group) is 1. The normalized spacial score (nSPS) is 15.7. The summed E-state index contributed by atoms with van der Waals surface area (Å²) in [4.78, 5) is 24.1. The average molecular weight is 532 g/mol. The summed E-state index contributed by atoms with van der Waals surface area (Å²) in [5.74, 6) is 0.178. The number of carbonyl (C=O) groups excluding carboxylic acids is 1. The Hall–Kier alpha value is -4.01. The lowest BCUT2D eigenvalue weighted by atomic mass is 9.98. The number of nitrogens with one attached hydrogen (secondary N) is 2. The Balaban J connectivity index is 1.62. The van der Waals surface area contributed by atoms with Crippen LogP contribution in [-0.4, -0.2) is 47.5 Å². The molecule has 2 N–H and O–H groups in total. The summed E-state index contributed by atoms with van der Waals surface area (Å²) in [5, 5.41) is 6.70. The van der Waals surface area contributed by atoms with Gasteiger partial charge in [-0.1, -0.05) is 35.9 Å². The molecule has 1 aliphatic heterocycles. The van der Waals surface area contributed by atoms with E-state index in [1.54, 1.807) is 37.5 Å². The summed E-state index contributed by atoms with van der Waals surface area (Å²) in [6.07, 6.45) is 7.06. The number of hydrogen-bond acceptors (Lipinski definition) is 6. The molecule has 0 bridgehead atoms. The summed E-state index contributed by atoms with van der Waals surface area (Å²) in [6, 6.07) is 16.0. The monoisotopic (exact) mass is 531 g/mol. The largest absolute Gasteiger partial charge is 0.497 e. The second-order valence-electron chi connectivity index (χ2n) is 9.10. The quantitative estimate of drug-likeness (QED) is 0.267. The van der Waals surface area contributed by atoms with E-state index in [9.17, 15) is 9.18 Å². The minimum atomic E-state index is -0.588. The van der Waals surface area contributed by atoms with Crippen molar-refractivity contribution in [1.29, 1.82) is 0 Å². The zero-order chi connectivity index (χ0) is 26.6. The number of benzene rings is 3. The van der Waals surface area contributed by atoms with Gasteiger partial charge in [0.05, 0.1) is 28.7 Å². The number of likely N-dealkylation sites (tertiary alicyclic amines) is 1. The molecule has 1 amide bonds. The van der Waals surface area contributed by atoms with E-state index in [-0.39, 0.29) is 22.7 Å². The minimum absolute atomic E-state index is 0.00553. The van der Waals surface area contributed by atoms with Crippen molar-refractivity contribution >= 4 is 45.6 Å². The first kappa shape index (κ1) is 25.6. The van der Waals surface area contributed by atoms with Crippen LogP contribution in [0.5, 0.6) is 5.75 Å². The SMILES string of the molecule is COc1cccc(-c2c(NC(=O)/C=C/[C@H]3CCCN3C)ccc3ncnc(Nc4cccc(Cl)c4F)c23)c1. The summed E-state index contributed by atoms with van der Waals surface area (Å²) in [6.45, 7) is 1.02. The highest BCUT2D eigenvalue weighted by Crippen LogP contribution is 2.40. The van der Waals surface area contributed by atoms with Crippen molar-refractivity contribution in [3.63, 3.8) is 0 Å². The lowest BCUT2D eigenvalue weighted by Gasteiger charge is -2.18. The van der Waals surface area contributed by atoms with E-state index in [4.69, 9.17) is 16.3 Å². The molecule has 1 saturated heterocycles. The topological polar surface area (TPSA) is 79.4 Å². The van der Waals surface area contributed by atoms with E-state index in [2.05, 4.69) is 32.5 Å². The van der Waals surface area contributed by atoms with E-state index < -0.39 is 5.82 Å². The molecule has 194 valence electrons. The van der Waals surface area contributed by atoms with Crippen LogP contribution >= 0.6 is 11.6 Å². The third-order valence-corrected chi connectivity index (χ3v) is 6.96. The van der Waals surface area contributed by atoms with E-state index in [1.165, 1.54) is 12.4 Å². The van der Waals surface area contributed by atoms with Gasteiger partial charge in [-0.25, -0.2) is 14.4 Å². The molecule has 7 nitrogen and oxygen atoms in total. The van der Waals surface area contributed by atoms with Gasteiger partial charge < -0.3 is 15.4 Å². The second kappa shape index (κ2) is 11.2. The van der Waals surface area contributed by atoms with Gasteiger partial charge in [0.2, 0.25) is 5.91 Å². The molecule has 0 saturated carbocycles. The molecule has 1 aliphatic rings. The molecule has 0 radical (unpaired) electrons. The number of anilines is 3. The van der Waals surface area contributed by atoms with E-state index in [0.29, 0.717) is 33.7 Å². The molecule has 0 aliphatic carbocycles. The molecule has 9 heteroatoms. The second-order valence-corrected chi connectivity index (χ2v) is 9.51. The van der Waals surface area contributed by atoms with Gasteiger partial charge in [0.25, 0.3) is 0 Å². The van der Waals surface area contributed by atoms with Crippen LogP contribution < -0.4 is 15.4 Å². The fraction of sp³-hybridized carbons (Fsp3) is 0.207. The number of rotatable bonds is 7. The number of hydrogen-bond donors (Lipinski definition) is 2. The van der Waals surface area contributed by atoms with Crippen LogP contribution in [0.15, 0.2) is 73.1 Å². The number of carbonyl (C=O) groups is 1. The van der Waals surface area contributed by atoms with Gasteiger partial charge in [-0.3, -0.25) is 9.69 Å². The summed E-state index contributed by atoms with van der Waals surface area (Å²) < 4.78 is 20.2. The Morgan fingerprint density at radius 3 is 2.79 bits per heavy atom. The molecule has 1 atom stereocenters. The number of methoxy groups -OCH3 is 1. The highest BCUT2D eigenvalue weighted by atomic mass is 35.5. The van der Waals surface area contributed by atoms with Gasteiger partial charge in [-0.2, -0.15) is 0 Å². The highest BCUT2D eigenvalue weighted by molar-refractivity contribution is 6.31. The molecule has 5 rings (SSSR count). The predicted molar refractivity (Wildman–Crippen MR) is 150 cm³/mol. The van der Waals surface area contributed by atoms with Crippen molar-refractivity contribution < 1.29 is 13.9 Å². The maximum atomic E-state index is 14.8. The molecular formula is C29H27ClFN5O2. The van der Waals surface area contributed by atoms with Gasteiger partial charge in [0, 0.05) is 23.4 Å². The Labute approximate surface area is 225 Å². The fourth-order valence-corrected chi connectivity index (χ4v) is 4.88. The van der Waals surface area contributed by atoms with Gasteiger partial charge >= 0.3 is 0 Å². The van der Waals surface area contributed by atoms with E-state index in [1.807, 2.05) is 30.3 Å². The summed E-state index contributed by atoms with van der Waals surface area (Å²) in [5.41, 5.74) is 2.79. The Morgan fingerprint density at radius 1 is 1.16 bits per heavy atom. The highest BCUT2D eigenvalue weighted by Gasteiger charge is 2.20. The maximum absolute atomic E-state index is 14.8. The molecule has 2 heterocycles. The van der Waals surface area contributed by atoms with Crippen molar-refractivity contribution in [3.05, 3.63) is 83.9 Å². The number of halogens is 2. The molecule has 3 aromatic carbocycles. The first-order valence-electron chi connectivity index (χ1n) is 12.3. The third-order valence-electron chi connectivity index (χ3n) is 6.67. The molecule has 0 unspecified atom stereocenters. The van der Waals surface area contributed by atoms with Crippen LogP contribution in [0.4, 0.5) is 21.6 Å². The van der Waals surface area contributed by atoms with Crippen molar-refractivity contribution in [1.82, 2.24) is 14.9 Å².